The van der Waals surface area contributed by atoms with Crippen LogP contribution in [0.5, 0.6) is 0 Å². The van der Waals surface area contributed by atoms with E-state index in [2.05, 4.69) is 26.8 Å². The van der Waals surface area contributed by atoms with Gasteiger partial charge in [0.2, 0.25) is 0 Å². The monoisotopic (exact) mass is 197 g/mol. The molecule has 0 saturated heterocycles. The Hall–Kier alpha value is -0.550. The molecular formula is C12H23NO. The molecule has 0 amide bonds. The Morgan fingerprint density at radius 2 is 1.64 bits per heavy atom. The summed E-state index contributed by atoms with van der Waals surface area (Å²) in [5.41, 5.74) is -0.742. The molecule has 0 rings (SSSR count). The summed E-state index contributed by atoms with van der Waals surface area (Å²) >= 11 is 0. The van der Waals surface area contributed by atoms with Gasteiger partial charge in [-0.3, -0.25) is 0 Å². The number of aliphatic hydroxyl groups is 1. The quantitative estimate of drug-likeness (QED) is 0.680. The van der Waals surface area contributed by atoms with Gasteiger partial charge in [0, 0.05) is 0 Å². The van der Waals surface area contributed by atoms with Crippen LogP contribution >= 0.6 is 0 Å². The van der Waals surface area contributed by atoms with Gasteiger partial charge in [-0.15, -0.1) is 0 Å². The summed E-state index contributed by atoms with van der Waals surface area (Å²) in [7, 11) is 0. The summed E-state index contributed by atoms with van der Waals surface area (Å²) in [6, 6.07) is 2.26. The zero-order valence-electron chi connectivity index (χ0n) is 9.71. The van der Waals surface area contributed by atoms with Gasteiger partial charge >= 0.3 is 0 Å². The van der Waals surface area contributed by atoms with Crippen LogP contribution in [-0.2, 0) is 0 Å². The molecule has 1 unspecified atom stereocenters. The van der Waals surface area contributed by atoms with Crippen molar-refractivity contribution >= 4 is 0 Å². The molecule has 14 heavy (non-hydrogen) atoms. The Labute approximate surface area is 87.9 Å². The summed E-state index contributed by atoms with van der Waals surface area (Å²) in [6.07, 6.45) is 5.16. The number of hydrogen-bond donors (Lipinski definition) is 1. The van der Waals surface area contributed by atoms with Crippen molar-refractivity contribution in [3.8, 4) is 6.07 Å². The highest BCUT2D eigenvalue weighted by Gasteiger charge is 2.34. The molecular weight excluding hydrogens is 174 g/mol. The molecule has 0 bridgehead atoms. The Balaban J connectivity index is 4.50. The van der Waals surface area contributed by atoms with Crippen LogP contribution in [0.1, 0.15) is 59.3 Å². The lowest BCUT2D eigenvalue weighted by Crippen LogP contribution is -2.37. The second kappa shape index (κ2) is 6.84. The standard InChI is InChI=1S/C12H23NO/c1-4-7-11(10-13)12(14,8-5-2)9-6-3/h11,14H,4-9H2,1-3H3. The van der Waals surface area contributed by atoms with Crippen LogP contribution in [0.15, 0.2) is 0 Å². The molecule has 0 aromatic carbocycles. The van der Waals surface area contributed by atoms with E-state index in [4.69, 9.17) is 5.26 Å². The predicted octanol–water partition coefficient (Wildman–Crippen LogP) is 3.26. The molecule has 0 aliphatic carbocycles. The van der Waals surface area contributed by atoms with Crippen molar-refractivity contribution in [1.82, 2.24) is 0 Å². The van der Waals surface area contributed by atoms with Crippen molar-refractivity contribution in [2.24, 2.45) is 5.92 Å². The van der Waals surface area contributed by atoms with Crippen molar-refractivity contribution in [3.63, 3.8) is 0 Å². The van der Waals surface area contributed by atoms with Crippen LogP contribution in [0.25, 0.3) is 0 Å². The topological polar surface area (TPSA) is 44.0 Å². The molecule has 0 aromatic rings. The summed E-state index contributed by atoms with van der Waals surface area (Å²) in [4.78, 5) is 0. The van der Waals surface area contributed by atoms with Gasteiger partial charge in [-0.2, -0.15) is 5.26 Å². The van der Waals surface area contributed by atoms with Crippen molar-refractivity contribution in [3.05, 3.63) is 0 Å². The van der Waals surface area contributed by atoms with E-state index in [1.54, 1.807) is 0 Å². The summed E-state index contributed by atoms with van der Waals surface area (Å²) in [6.45, 7) is 6.17. The summed E-state index contributed by atoms with van der Waals surface area (Å²) in [5.74, 6) is -0.188. The van der Waals surface area contributed by atoms with E-state index in [1.165, 1.54) is 0 Å². The SMILES string of the molecule is CCCC(C#N)C(O)(CCC)CCC. The maximum atomic E-state index is 10.4. The molecule has 1 N–H and O–H groups in total. The molecule has 1 atom stereocenters. The average Bonchev–Trinajstić information content (AvgIpc) is 2.14. The van der Waals surface area contributed by atoms with Crippen LogP contribution in [0.4, 0.5) is 0 Å². The first-order valence-corrected chi connectivity index (χ1v) is 5.76. The highest BCUT2D eigenvalue weighted by molar-refractivity contribution is 4.98. The van der Waals surface area contributed by atoms with E-state index in [1.807, 2.05) is 0 Å². The van der Waals surface area contributed by atoms with E-state index in [0.717, 1.165) is 38.5 Å². The number of rotatable bonds is 7. The average molecular weight is 197 g/mol. The zero-order chi connectivity index (χ0) is 11.0. The molecule has 2 heteroatoms. The molecule has 2 nitrogen and oxygen atoms in total. The molecule has 0 saturated carbocycles. The molecule has 0 fully saturated rings. The predicted molar refractivity (Wildman–Crippen MR) is 58.8 cm³/mol. The van der Waals surface area contributed by atoms with Crippen LogP contribution in [0, 0.1) is 17.2 Å². The maximum Gasteiger partial charge on any atom is 0.0805 e. The Bertz CT molecular complexity index is 177. The van der Waals surface area contributed by atoms with Crippen LogP contribution in [0.3, 0.4) is 0 Å². The third kappa shape index (κ3) is 3.67. The minimum absolute atomic E-state index is 0.188. The van der Waals surface area contributed by atoms with Gasteiger partial charge in [0.05, 0.1) is 17.6 Å². The zero-order valence-corrected chi connectivity index (χ0v) is 9.71. The van der Waals surface area contributed by atoms with Crippen LogP contribution in [0.2, 0.25) is 0 Å². The lowest BCUT2D eigenvalue weighted by Gasteiger charge is -2.32. The summed E-state index contributed by atoms with van der Waals surface area (Å²) in [5, 5.41) is 19.4. The van der Waals surface area contributed by atoms with E-state index in [9.17, 15) is 5.11 Å². The Kier molecular flexibility index (Phi) is 6.57. The van der Waals surface area contributed by atoms with Gasteiger partial charge in [-0.05, 0) is 19.3 Å². The minimum atomic E-state index is -0.742. The first-order chi connectivity index (χ1) is 6.64. The highest BCUT2D eigenvalue weighted by atomic mass is 16.3. The minimum Gasteiger partial charge on any atom is -0.389 e. The van der Waals surface area contributed by atoms with Crippen LogP contribution < -0.4 is 0 Å². The second-order valence-electron chi connectivity index (χ2n) is 4.07. The first kappa shape index (κ1) is 13.4. The smallest absolute Gasteiger partial charge is 0.0805 e. The van der Waals surface area contributed by atoms with Crippen molar-refractivity contribution < 1.29 is 5.11 Å². The van der Waals surface area contributed by atoms with E-state index in [0.29, 0.717) is 0 Å². The lowest BCUT2D eigenvalue weighted by atomic mass is 9.79. The first-order valence-electron chi connectivity index (χ1n) is 5.76. The molecule has 0 aliphatic heterocycles. The van der Waals surface area contributed by atoms with Crippen LogP contribution in [-0.4, -0.2) is 10.7 Å². The van der Waals surface area contributed by atoms with Gasteiger partial charge in [0.1, 0.15) is 0 Å². The molecule has 0 spiro atoms. The lowest BCUT2D eigenvalue weighted by molar-refractivity contribution is -0.0181. The highest BCUT2D eigenvalue weighted by Crippen LogP contribution is 2.31. The largest absolute Gasteiger partial charge is 0.389 e. The van der Waals surface area contributed by atoms with Crippen molar-refractivity contribution in [2.75, 3.05) is 0 Å². The fourth-order valence-electron chi connectivity index (χ4n) is 2.08. The molecule has 0 radical (unpaired) electrons. The normalized spacial score (nSPS) is 13.6. The maximum absolute atomic E-state index is 10.4. The van der Waals surface area contributed by atoms with E-state index in [-0.39, 0.29) is 5.92 Å². The third-order valence-electron chi connectivity index (χ3n) is 2.75. The number of nitrogens with zero attached hydrogens (tertiary/aromatic N) is 1. The fourth-order valence-corrected chi connectivity index (χ4v) is 2.08. The fraction of sp³-hybridized carbons (Fsp3) is 0.917. The van der Waals surface area contributed by atoms with E-state index >= 15 is 0 Å². The molecule has 0 aliphatic rings. The number of hydrogen-bond acceptors (Lipinski definition) is 2. The van der Waals surface area contributed by atoms with Gasteiger partial charge < -0.3 is 5.11 Å². The Morgan fingerprint density at radius 1 is 1.14 bits per heavy atom. The summed E-state index contributed by atoms with van der Waals surface area (Å²) < 4.78 is 0. The molecule has 82 valence electrons. The van der Waals surface area contributed by atoms with Gasteiger partial charge in [-0.25, -0.2) is 0 Å². The van der Waals surface area contributed by atoms with Crippen molar-refractivity contribution in [2.45, 2.75) is 64.9 Å². The number of nitriles is 1. The van der Waals surface area contributed by atoms with Gasteiger partial charge in [0.15, 0.2) is 0 Å². The third-order valence-corrected chi connectivity index (χ3v) is 2.75. The van der Waals surface area contributed by atoms with E-state index < -0.39 is 5.60 Å². The van der Waals surface area contributed by atoms with Crippen molar-refractivity contribution in [1.29, 1.82) is 5.26 Å². The van der Waals surface area contributed by atoms with Gasteiger partial charge in [0.25, 0.3) is 0 Å². The Morgan fingerprint density at radius 3 is 1.93 bits per heavy atom. The van der Waals surface area contributed by atoms with Gasteiger partial charge in [-0.1, -0.05) is 40.0 Å². The molecule has 0 heterocycles. The second-order valence-corrected chi connectivity index (χ2v) is 4.07. The molecule has 0 aromatic heterocycles.